The second-order valence-corrected chi connectivity index (χ2v) is 7.23. The first-order chi connectivity index (χ1) is 13.3. The largest absolute Gasteiger partial charge is 0.451 e. The van der Waals surface area contributed by atoms with E-state index in [0.29, 0.717) is 32.7 Å². The Labute approximate surface area is 172 Å². The highest BCUT2D eigenvalue weighted by molar-refractivity contribution is 6.43. The van der Waals surface area contributed by atoms with Gasteiger partial charge in [0, 0.05) is 22.9 Å². The fourth-order valence-electron chi connectivity index (χ4n) is 2.41. The number of halogens is 2. The molecule has 2 aromatic carbocycles. The molecule has 7 heteroatoms. The van der Waals surface area contributed by atoms with Gasteiger partial charge in [0.15, 0.2) is 5.76 Å². The lowest BCUT2D eigenvalue weighted by Crippen LogP contribution is -2.17. The third-order valence-electron chi connectivity index (χ3n) is 3.98. The first-order valence-electron chi connectivity index (χ1n) is 8.61. The second-order valence-electron chi connectivity index (χ2n) is 6.44. The smallest absolute Gasteiger partial charge is 0.291 e. The van der Waals surface area contributed by atoms with Gasteiger partial charge in [-0.2, -0.15) is 0 Å². The van der Waals surface area contributed by atoms with Gasteiger partial charge in [-0.1, -0.05) is 43.1 Å². The summed E-state index contributed by atoms with van der Waals surface area (Å²) in [6.45, 7) is 3.64. The monoisotopic (exact) mass is 416 g/mol. The third-order valence-corrected chi connectivity index (χ3v) is 4.80. The Hall–Kier alpha value is -2.76. The predicted octanol–water partition coefficient (Wildman–Crippen LogP) is 6.10. The van der Waals surface area contributed by atoms with Gasteiger partial charge in [0.2, 0.25) is 5.91 Å². The van der Waals surface area contributed by atoms with Crippen molar-refractivity contribution in [1.29, 1.82) is 0 Å². The van der Waals surface area contributed by atoms with E-state index in [2.05, 4.69) is 10.6 Å². The quantitative estimate of drug-likeness (QED) is 0.527. The van der Waals surface area contributed by atoms with Gasteiger partial charge in [-0.25, -0.2) is 0 Å². The van der Waals surface area contributed by atoms with Crippen molar-refractivity contribution in [3.63, 3.8) is 0 Å². The molecular formula is C21H18Cl2N2O3. The Kier molecular flexibility index (Phi) is 6.07. The normalized spacial score (nSPS) is 10.8. The highest BCUT2D eigenvalue weighted by Gasteiger charge is 2.15. The number of anilines is 2. The number of benzene rings is 2. The van der Waals surface area contributed by atoms with E-state index >= 15 is 0 Å². The van der Waals surface area contributed by atoms with Crippen molar-refractivity contribution >= 4 is 46.4 Å². The van der Waals surface area contributed by atoms with Crippen LogP contribution in [0, 0.1) is 5.92 Å². The first kappa shape index (κ1) is 20.0. The Morgan fingerprint density at radius 1 is 0.893 bits per heavy atom. The van der Waals surface area contributed by atoms with Gasteiger partial charge in [-0.15, -0.1) is 0 Å². The molecule has 3 aromatic rings. The number of amides is 2. The van der Waals surface area contributed by atoms with Crippen molar-refractivity contribution in [3.8, 4) is 11.3 Å². The Morgan fingerprint density at radius 2 is 1.54 bits per heavy atom. The van der Waals surface area contributed by atoms with Crippen LogP contribution in [0.25, 0.3) is 11.3 Å². The number of rotatable bonds is 5. The van der Waals surface area contributed by atoms with E-state index in [9.17, 15) is 9.59 Å². The fraction of sp³-hybridized carbons (Fsp3) is 0.143. The molecule has 0 saturated heterocycles. The lowest BCUT2D eigenvalue weighted by molar-refractivity contribution is -0.118. The van der Waals surface area contributed by atoms with Crippen LogP contribution in [0.4, 0.5) is 11.4 Å². The summed E-state index contributed by atoms with van der Waals surface area (Å²) in [5.41, 5.74) is 1.84. The number of hydrogen-bond donors (Lipinski definition) is 2. The van der Waals surface area contributed by atoms with Gasteiger partial charge < -0.3 is 15.1 Å². The lowest BCUT2D eigenvalue weighted by Gasteiger charge is -2.09. The summed E-state index contributed by atoms with van der Waals surface area (Å²) < 4.78 is 5.63. The van der Waals surface area contributed by atoms with Crippen LogP contribution >= 0.6 is 23.2 Å². The van der Waals surface area contributed by atoms with Crippen LogP contribution in [0.3, 0.4) is 0 Å². The molecule has 2 amide bonds. The summed E-state index contributed by atoms with van der Waals surface area (Å²) in [5.74, 6) is 0.0103. The number of carbonyl (C=O) groups is 2. The van der Waals surface area contributed by atoms with Crippen LogP contribution in [0.2, 0.25) is 10.0 Å². The molecule has 5 nitrogen and oxygen atoms in total. The zero-order valence-corrected chi connectivity index (χ0v) is 16.8. The van der Waals surface area contributed by atoms with Gasteiger partial charge in [0.1, 0.15) is 5.76 Å². The van der Waals surface area contributed by atoms with E-state index in [4.69, 9.17) is 27.6 Å². The van der Waals surface area contributed by atoms with E-state index < -0.39 is 5.91 Å². The SMILES string of the molecule is CC(C)C(=O)Nc1ccc(NC(=O)c2ccc(-c3cccc(Cl)c3Cl)o2)cc1. The van der Waals surface area contributed by atoms with Crippen LogP contribution in [0.15, 0.2) is 59.0 Å². The summed E-state index contributed by atoms with van der Waals surface area (Å²) in [4.78, 5) is 24.1. The molecule has 0 fully saturated rings. The molecule has 0 spiro atoms. The summed E-state index contributed by atoms with van der Waals surface area (Å²) >= 11 is 12.2. The lowest BCUT2D eigenvalue weighted by atomic mass is 10.2. The predicted molar refractivity (Wildman–Crippen MR) is 112 cm³/mol. The van der Waals surface area contributed by atoms with Gasteiger partial charge >= 0.3 is 0 Å². The van der Waals surface area contributed by atoms with Crippen molar-refractivity contribution in [2.75, 3.05) is 10.6 Å². The third kappa shape index (κ3) is 4.55. The average Bonchev–Trinajstić information content (AvgIpc) is 3.15. The Morgan fingerprint density at radius 3 is 2.18 bits per heavy atom. The molecule has 144 valence electrons. The molecule has 0 aliphatic rings. The van der Waals surface area contributed by atoms with Crippen LogP contribution < -0.4 is 10.6 Å². The molecule has 0 aliphatic heterocycles. The van der Waals surface area contributed by atoms with E-state index in [1.54, 1.807) is 54.6 Å². The van der Waals surface area contributed by atoms with Crippen LogP contribution in [0.5, 0.6) is 0 Å². The molecule has 0 bridgehead atoms. The van der Waals surface area contributed by atoms with Crippen molar-refractivity contribution in [3.05, 3.63) is 70.4 Å². The van der Waals surface area contributed by atoms with Crippen LogP contribution in [-0.4, -0.2) is 11.8 Å². The molecule has 1 heterocycles. The average molecular weight is 417 g/mol. The summed E-state index contributed by atoms with van der Waals surface area (Å²) in [5, 5.41) is 6.31. The minimum Gasteiger partial charge on any atom is -0.451 e. The second kappa shape index (κ2) is 8.50. The minimum atomic E-state index is -0.400. The van der Waals surface area contributed by atoms with E-state index in [1.807, 2.05) is 13.8 Å². The van der Waals surface area contributed by atoms with Crippen LogP contribution in [0.1, 0.15) is 24.4 Å². The molecular weight excluding hydrogens is 399 g/mol. The van der Waals surface area contributed by atoms with E-state index in [0.717, 1.165) is 0 Å². The summed E-state index contributed by atoms with van der Waals surface area (Å²) in [6.07, 6.45) is 0. The summed E-state index contributed by atoms with van der Waals surface area (Å²) in [7, 11) is 0. The van der Waals surface area contributed by atoms with Gasteiger partial charge in [-0.3, -0.25) is 9.59 Å². The molecule has 0 radical (unpaired) electrons. The Bertz CT molecular complexity index is 1010. The molecule has 0 unspecified atom stereocenters. The van der Waals surface area contributed by atoms with Crippen molar-refractivity contribution in [2.24, 2.45) is 5.92 Å². The number of nitrogens with one attached hydrogen (secondary N) is 2. The molecule has 0 atom stereocenters. The number of carbonyl (C=O) groups excluding carboxylic acids is 2. The van der Waals surface area contributed by atoms with Gasteiger partial charge in [0.25, 0.3) is 5.91 Å². The zero-order chi connectivity index (χ0) is 20.3. The van der Waals surface area contributed by atoms with Crippen molar-refractivity contribution in [2.45, 2.75) is 13.8 Å². The van der Waals surface area contributed by atoms with Crippen LogP contribution in [-0.2, 0) is 4.79 Å². The molecule has 1 aromatic heterocycles. The minimum absolute atomic E-state index is 0.0698. The zero-order valence-electron chi connectivity index (χ0n) is 15.3. The Balaban J connectivity index is 1.69. The highest BCUT2D eigenvalue weighted by Crippen LogP contribution is 2.34. The maximum absolute atomic E-state index is 12.4. The molecule has 28 heavy (non-hydrogen) atoms. The van der Waals surface area contributed by atoms with Gasteiger partial charge in [0.05, 0.1) is 10.0 Å². The van der Waals surface area contributed by atoms with Crippen molar-refractivity contribution < 1.29 is 14.0 Å². The first-order valence-corrected chi connectivity index (χ1v) is 9.37. The molecule has 0 saturated carbocycles. The maximum Gasteiger partial charge on any atom is 0.291 e. The molecule has 2 N–H and O–H groups in total. The maximum atomic E-state index is 12.4. The van der Waals surface area contributed by atoms with E-state index in [1.165, 1.54) is 0 Å². The fourth-order valence-corrected chi connectivity index (χ4v) is 2.81. The molecule has 0 aliphatic carbocycles. The molecule has 3 rings (SSSR count). The highest BCUT2D eigenvalue weighted by atomic mass is 35.5. The number of furan rings is 1. The standard InChI is InChI=1S/C21H18Cl2N2O3/c1-12(2)20(26)24-13-6-8-14(9-7-13)25-21(27)18-11-10-17(28-18)15-4-3-5-16(22)19(15)23/h3-12H,1-2H3,(H,24,26)(H,25,27). The van der Waals surface area contributed by atoms with E-state index in [-0.39, 0.29) is 17.6 Å². The number of hydrogen-bond acceptors (Lipinski definition) is 3. The topological polar surface area (TPSA) is 71.3 Å². The van der Waals surface area contributed by atoms with Gasteiger partial charge in [-0.05, 0) is 48.5 Å². The van der Waals surface area contributed by atoms with Crippen molar-refractivity contribution in [1.82, 2.24) is 0 Å². The summed E-state index contributed by atoms with van der Waals surface area (Å²) in [6, 6.07) is 15.3.